The maximum absolute atomic E-state index is 13.5. The molecule has 3 rings (SSSR count). The van der Waals surface area contributed by atoms with E-state index >= 15 is 0 Å². The van der Waals surface area contributed by atoms with Crippen LogP contribution in [0.5, 0.6) is 0 Å². The van der Waals surface area contributed by atoms with Crippen LogP contribution in [0.2, 0.25) is 0 Å². The van der Waals surface area contributed by atoms with Gasteiger partial charge in [0.15, 0.2) is 0 Å². The van der Waals surface area contributed by atoms with Crippen LogP contribution >= 0.6 is 11.3 Å². The van der Waals surface area contributed by atoms with Gasteiger partial charge < -0.3 is 15.5 Å². The summed E-state index contributed by atoms with van der Waals surface area (Å²) in [6.45, 7) is 4.44. The van der Waals surface area contributed by atoms with Crippen LogP contribution in [0.25, 0.3) is 10.8 Å². The van der Waals surface area contributed by atoms with Crippen molar-refractivity contribution in [3.8, 4) is 0 Å². The predicted octanol–water partition coefficient (Wildman–Crippen LogP) is 4.66. The zero-order valence-corrected chi connectivity index (χ0v) is 21.3. The summed E-state index contributed by atoms with van der Waals surface area (Å²) in [7, 11) is 3.52. The molecule has 34 heavy (non-hydrogen) atoms. The standard InChI is InChI=1S/C28H35N3O2S/c1-28(2,29)16-7-12-26(32)31(4)25(27(33)30(3)17-15-24-11-8-18-34-24)20-21-13-14-22-9-5-6-10-23(22)19-21/h5-14,18-19,25H,15-17,20,29H2,1-4H3/t25-/m1/s1. The highest BCUT2D eigenvalue weighted by atomic mass is 32.1. The molecule has 2 aromatic carbocycles. The van der Waals surface area contributed by atoms with E-state index in [0.717, 1.165) is 22.8 Å². The minimum atomic E-state index is -0.600. The number of rotatable bonds is 10. The molecule has 0 saturated heterocycles. The van der Waals surface area contributed by atoms with Gasteiger partial charge in [-0.2, -0.15) is 0 Å². The molecule has 0 radical (unpaired) electrons. The lowest BCUT2D eigenvalue weighted by molar-refractivity contribution is -0.141. The van der Waals surface area contributed by atoms with Crippen LogP contribution in [0.15, 0.2) is 72.1 Å². The molecule has 1 aromatic heterocycles. The topological polar surface area (TPSA) is 66.6 Å². The molecule has 0 bridgehead atoms. The van der Waals surface area contributed by atoms with Crippen molar-refractivity contribution in [2.24, 2.45) is 5.73 Å². The van der Waals surface area contributed by atoms with Crippen LogP contribution in [0, 0.1) is 0 Å². The van der Waals surface area contributed by atoms with E-state index in [1.165, 1.54) is 11.0 Å². The van der Waals surface area contributed by atoms with Crippen molar-refractivity contribution in [1.29, 1.82) is 0 Å². The van der Waals surface area contributed by atoms with Gasteiger partial charge in [0, 0.05) is 37.5 Å². The third-order valence-corrected chi connectivity index (χ3v) is 6.83. The van der Waals surface area contributed by atoms with Gasteiger partial charge in [0.05, 0.1) is 0 Å². The Labute approximate surface area is 206 Å². The fourth-order valence-electron chi connectivity index (χ4n) is 3.81. The molecule has 2 N–H and O–H groups in total. The number of hydrogen-bond donors (Lipinski definition) is 1. The van der Waals surface area contributed by atoms with Crippen LogP contribution in [-0.4, -0.2) is 53.8 Å². The second-order valence-electron chi connectivity index (χ2n) is 9.53. The molecule has 0 aliphatic heterocycles. The van der Waals surface area contributed by atoms with Crippen molar-refractivity contribution in [3.05, 3.63) is 82.6 Å². The lowest BCUT2D eigenvalue weighted by atomic mass is 9.99. The smallest absolute Gasteiger partial charge is 0.246 e. The number of fused-ring (bicyclic) bond motifs is 1. The molecule has 3 aromatic rings. The normalized spacial score (nSPS) is 12.7. The maximum Gasteiger partial charge on any atom is 0.246 e. The summed E-state index contributed by atoms with van der Waals surface area (Å²) < 4.78 is 0. The Hall–Kier alpha value is -2.96. The van der Waals surface area contributed by atoms with E-state index in [2.05, 4.69) is 30.3 Å². The van der Waals surface area contributed by atoms with Crippen molar-refractivity contribution in [2.45, 2.75) is 44.7 Å². The predicted molar refractivity (Wildman–Crippen MR) is 142 cm³/mol. The van der Waals surface area contributed by atoms with Crippen molar-refractivity contribution >= 4 is 33.9 Å². The summed E-state index contributed by atoms with van der Waals surface area (Å²) in [6, 6.07) is 17.9. The van der Waals surface area contributed by atoms with E-state index < -0.39 is 11.6 Å². The molecule has 180 valence electrons. The third kappa shape index (κ3) is 7.27. The lowest BCUT2D eigenvalue weighted by Gasteiger charge is -2.30. The number of hydrogen-bond acceptors (Lipinski definition) is 4. The zero-order valence-electron chi connectivity index (χ0n) is 20.5. The van der Waals surface area contributed by atoms with Gasteiger partial charge in [-0.05, 0) is 60.5 Å². The van der Waals surface area contributed by atoms with Gasteiger partial charge >= 0.3 is 0 Å². The third-order valence-electron chi connectivity index (χ3n) is 5.90. The fraction of sp³-hybridized carbons (Fsp3) is 0.357. The molecule has 0 spiro atoms. The molecule has 0 fully saturated rings. The summed E-state index contributed by atoms with van der Waals surface area (Å²) in [5.74, 6) is -0.261. The first-order valence-corrected chi connectivity index (χ1v) is 12.5. The Morgan fingerprint density at radius 3 is 2.47 bits per heavy atom. The summed E-state index contributed by atoms with van der Waals surface area (Å²) in [6.07, 6.45) is 5.14. The summed E-state index contributed by atoms with van der Waals surface area (Å²) in [4.78, 5) is 31.0. The number of carbonyl (C=O) groups excluding carboxylic acids is 2. The Morgan fingerprint density at radius 2 is 1.79 bits per heavy atom. The van der Waals surface area contributed by atoms with Gasteiger partial charge in [0.25, 0.3) is 0 Å². The number of nitrogens with zero attached hydrogens (tertiary/aromatic N) is 2. The molecule has 6 heteroatoms. The number of thiophene rings is 1. The van der Waals surface area contributed by atoms with Crippen LogP contribution in [0.4, 0.5) is 0 Å². The Kier molecular flexibility index (Phi) is 8.64. The highest BCUT2D eigenvalue weighted by Crippen LogP contribution is 2.19. The van der Waals surface area contributed by atoms with E-state index in [1.54, 1.807) is 34.3 Å². The van der Waals surface area contributed by atoms with Gasteiger partial charge in [-0.1, -0.05) is 54.6 Å². The van der Waals surface area contributed by atoms with Crippen molar-refractivity contribution in [3.63, 3.8) is 0 Å². The summed E-state index contributed by atoms with van der Waals surface area (Å²) >= 11 is 1.69. The number of likely N-dealkylation sites (N-methyl/N-ethyl adjacent to an activating group) is 2. The van der Waals surface area contributed by atoms with Crippen molar-refractivity contribution < 1.29 is 9.59 Å². The van der Waals surface area contributed by atoms with Gasteiger partial charge in [-0.25, -0.2) is 0 Å². The van der Waals surface area contributed by atoms with Crippen LogP contribution in [0.1, 0.15) is 30.7 Å². The summed E-state index contributed by atoms with van der Waals surface area (Å²) in [5, 5.41) is 4.32. The van der Waals surface area contributed by atoms with Crippen LogP contribution in [0.3, 0.4) is 0 Å². The number of carbonyl (C=O) groups is 2. The van der Waals surface area contributed by atoms with E-state index in [1.807, 2.05) is 50.5 Å². The first-order valence-electron chi connectivity index (χ1n) is 11.6. The minimum absolute atomic E-state index is 0.0619. The SMILES string of the molecule is CN(CCc1cccs1)C(=O)[C@@H](Cc1ccc2ccccc2c1)N(C)C(=O)C=CCC(C)(C)N. The molecule has 5 nitrogen and oxygen atoms in total. The molecule has 0 saturated carbocycles. The monoisotopic (exact) mass is 477 g/mol. The Morgan fingerprint density at radius 1 is 1.06 bits per heavy atom. The van der Waals surface area contributed by atoms with Gasteiger partial charge in [-0.15, -0.1) is 11.3 Å². The largest absolute Gasteiger partial charge is 0.344 e. The van der Waals surface area contributed by atoms with Gasteiger partial charge in [0.2, 0.25) is 11.8 Å². The molecule has 0 unspecified atom stereocenters. The molecular weight excluding hydrogens is 442 g/mol. The molecular formula is C28H35N3O2S. The van der Waals surface area contributed by atoms with E-state index in [-0.39, 0.29) is 11.8 Å². The first kappa shape index (κ1) is 25.7. The second-order valence-corrected chi connectivity index (χ2v) is 10.6. The number of benzene rings is 2. The lowest BCUT2D eigenvalue weighted by Crippen LogP contribution is -2.49. The van der Waals surface area contributed by atoms with E-state index in [0.29, 0.717) is 19.4 Å². The number of amides is 2. The van der Waals surface area contributed by atoms with Crippen molar-refractivity contribution in [2.75, 3.05) is 20.6 Å². The molecule has 0 aliphatic rings. The average molecular weight is 478 g/mol. The van der Waals surface area contributed by atoms with Crippen molar-refractivity contribution in [1.82, 2.24) is 9.80 Å². The van der Waals surface area contributed by atoms with E-state index in [4.69, 9.17) is 5.73 Å². The Bertz CT molecular complexity index is 1130. The first-order chi connectivity index (χ1) is 16.1. The van der Waals surface area contributed by atoms with Crippen LogP contribution in [-0.2, 0) is 22.4 Å². The number of nitrogens with two attached hydrogens (primary N) is 1. The van der Waals surface area contributed by atoms with Gasteiger partial charge in [0.1, 0.15) is 6.04 Å². The maximum atomic E-state index is 13.5. The molecule has 1 atom stereocenters. The molecule has 2 amide bonds. The summed E-state index contributed by atoms with van der Waals surface area (Å²) in [5.41, 5.74) is 6.66. The quantitative estimate of drug-likeness (QED) is 0.432. The van der Waals surface area contributed by atoms with Gasteiger partial charge in [-0.3, -0.25) is 9.59 Å². The van der Waals surface area contributed by atoms with Crippen LogP contribution < -0.4 is 5.73 Å². The highest BCUT2D eigenvalue weighted by molar-refractivity contribution is 7.09. The molecule has 0 aliphatic carbocycles. The minimum Gasteiger partial charge on any atom is -0.344 e. The van der Waals surface area contributed by atoms with E-state index in [9.17, 15) is 9.59 Å². The Balaban J connectivity index is 1.79. The zero-order chi connectivity index (χ0) is 24.7. The second kappa shape index (κ2) is 11.4. The average Bonchev–Trinajstić information content (AvgIpc) is 3.33. The highest BCUT2D eigenvalue weighted by Gasteiger charge is 2.29. The molecule has 1 heterocycles. The fourth-order valence-corrected chi connectivity index (χ4v) is 4.51.